The predicted octanol–water partition coefficient (Wildman–Crippen LogP) is 5.68. The Hall–Kier alpha value is -4.04. The van der Waals surface area contributed by atoms with Gasteiger partial charge in [-0.2, -0.15) is 0 Å². The van der Waals surface area contributed by atoms with Crippen LogP contribution < -0.4 is 22.5 Å². The van der Waals surface area contributed by atoms with Gasteiger partial charge in [-0.3, -0.25) is 0 Å². The average molecular weight is 583 g/mol. The zero-order valence-electron chi connectivity index (χ0n) is 25.1. The van der Waals surface area contributed by atoms with E-state index >= 15 is 0 Å². The van der Waals surface area contributed by atoms with Crippen molar-refractivity contribution in [2.45, 2.75) is 69.9 Å². The molecule has 8 heteroatoms. The fourth-order valence-electron chi connectivity index (χ4n) is 7.25. The van der Waals surface area contributed by atoms with Crippen LogP contribution in [0.5, 0.6) is 0 Å². The molecular formula is C35H46N6O2. The minimum absolute atomic E-state index is 0.0623. The van der Waals surface area contributed by atoms with Crippen molar-refractivity contribution in [2.75, 3.05) is 11.9 Å². The molecule has 9 N–H and O–H groups in total. The number of rotatable bonds is 14. The molecule has 1 heterocycles. The highest BCUT2D eigenvalue weighted by Crippen LogP contribution is 2.52. The molecule has 0 aliphatic heterocycles. The highest BCUT2D eigenvalue weighted by atomic mass is 16.4. The lowest BCUT2D eigenvalue weighted by atomic mass is 9.58. The van der Waals surface area contributed by atoms with E-state index in [4.69, 9.17) is 17.2 Å². The minimum atomic E-state index is -1.02. The van der Waals surface area contributed by atoms with Gasteiger partial charge in [0.15, 0.2) is 5.96 Å². The monoisotopic (exact) mass is 582 g/mol. The van der Waals surface area contributed by atoms with Crippen LogP contribution in [0.25, 0.3) is 10.8 Å². The molecular weight excluding hydrogens is 536 g/mol. The van der Waals surface area contributed by atoms with Gasteiger partial charge in [0.2, 0.25) is 0 Å². The summed E-state index contributed by atoms with van der Waals surface area (Å²) in [6.45, 7) is 2.32. The van der Waals surface area contributed by atoms with Crippen molar-refractivity contribution in [1.82, 2.24) is 4.98 Å². The van der Waals surface area contributed by atoms with E-state index in [2.05, 4.69) is 70.8 Å². The Labute approximate surface area is 254 Å². The van der Waals surface area contributed by atoms with E-state index in [9.17, 15) is 9.90 Å². The van der Waals surface area contributed by atoms with Gasteiger partial charge in [-0.05, 0) is 95.4 Å². The predicted molar refractivity (Wildman–Crippen MR) is 176 cm³/mol. The lowest BCUT2D eigenvalue weighted by molar-refractivity contribution is -0.131. The van der Waals surface area contributed by atoms with E-state index in [1.165, 1.54) is 28.0 Å². The molecule has 2 bridgehead atoms. The summed E-state index contributed by atoms with van der Waals surface area (Å²) in [5.74, 6) is 1.03. The van der Waals surface area contributed by atoms with Crippen LogP contribution >= 0.6 is 0 Å². The fourth-order valence-corrected chi connectivity index (χ4v) is 7.25. The number of hydrogen-bond acceptors (Lipinski definition) is 4. The van der Waals surface area contributed by atoms with Crippen molar-refractivity contribution in [3.05, 3.63) is 89.7 Å². The highest BCUT2D eigenvalue weighted by molar-refractivity contribution is 5.84. The fraction of sp³-hybridized carbons (Fsp3) is 0.429. The van der Waals surface area contributed by atoms with E-state index in [1.54, 1.807) is 0 Å². The lowest BCUT2D eigenvalue weighted by Crippen LogP contribution is -2.40. The van der Waals surface area contributed by atoms with Gasteiger partial charge in [-0.15, -0.1) is 0 Å². The first kappa shape index (κ1) is 30.4. The molecule has 43 heavy (non-hydrogen) atoms. The average Bonchev–Trinajstić information content (AvgIpc) is 3.49. The third kappa shape index (κ3) is 7.49. The van der Waals surface area contributed by atoms with E-state index in [0.29, 0.717) is 29.2 Å². The van der Waals surface area contributed by atoms with E-state index < -0.39 is 5.97 Å². The Balaban J connectivity index is 1.53. The Morgan fingerprint density at radius 1 is 1.14 bits per heavy atom. The first-order chi connectivity index (χ1) is 20.8. The van der Waals surface area contributed by atoms with Crippen LogP contribution in [-0.2, 0) is 11.2 Å². The number of H-pyrrole nitrogens is 1. The molecule has 6 atom stereocenters. The SMILES string of the molecule is CCCC[C@H](N)CC[C@@H]1C=C[C@@H]2Cc3cc4ccccc4cc3[C@H]1[C@@H]2C[C@@H](Nc1ccc[nH]1)/C(=C/C(=O)O)CN=C(N)N. The quantitative estimate of drug-likeness (QED) is 0.0622. The Morgan fingerprint density at radius 2 is 1.93 bits per heavy atom. The van der Waals surface area contributed by atoms with E-state index in [0.717, 1.165) is 50.8 Å². The number of guanidine groups is 1. The summed E-state index contributed by atoms with van der Waals surface area (Å²) in [5, 5.41) is 15.9. The van der Waals surface area contributed by atoms with Crippen molar-refractivity contribution in [3.8, 4) is 0 Å². The molecule has 3 aromatic rings. The second-order valence-corrected chi connectivity index (χ2v) is 12.3. The molecule has 5 rings (SSSR count). The van der Waals surface area contributed by atoms with Gasteiger partial charge in [0, 0.05) is 18.3 Å². The van der Waals surface area contributed by atoms with Gasteiger partial charge >= 0.3 is 5.97 Å². The highest BCUT2D eigenvalue weighted by Gasteiger charge is 2.43. The summed E-state index contributed by atoms with van der Waals surface area (Å²) in [7, 11) is 0. The number of aliphatic imine (C=N–C) groups is 1. The van der Waals surface area contributed by atoms with Crippen LogP contribution in [0.2, 0.25) is 0 Å². The number of aromatic amines is 1. The molecule has 0 spiro atoms. The van der Waals surface area contributed by atoms with Gasteiger partial charge in [0.1, 0.15) is 5.82 Å². The normalized spacial score (nSPS) is 22.5. The van der Waals surface area contributed by atoms with Gasteiger partial charge in [-0.1, -0.05) is 68.3 Å². The summed E-state index contributed by atoms with van der Waals surface area (Å²) in [5.41, 5.74) is 21.4. The number of carboxylic acids is 1. The van der Waals surface area contributed by atoms with Gasteiger partial charge in [-0.25, -0.2) is 9.79 Å². The van der Waals surface area contributed by atoms with E-state index in [1.807, 2.05) is 18.3 Å². The number of nitrogens with two attached hydrogens (primary N) is 3. The maximum absolute atomic E-state index is 12.0. The molecule has 0 saturated carbocycles. The number of benzene rings is 2. The second-order valence-electron chi connectivity index (χ2n) is 12.3. The van der Waals surface area contributed by atoms with Gasteiger partial charge < -0.3 is 32.6 Å². The van der Waals surface area contributed by atoms with Crippen molar-refractivity contribution in [3.63, 3.8) is 0 Å². The molecule has 1 aromatic heterocycles. The topological polar surface area (TPSA) is 156 Å². The molecule has 0 radical (unpaired) electrons. The third-order valence-electron chi connectivity index (χ3n) is 9.34. The van der Waals surface area contributed by atoms with Crippen molar-refractivity contribution in [1.29, 1.82) is 0 Å². The summed E-state index contributed by atoms with van der Waals surface area (Å²) < 4.78 is 0. The maximum Gasteiger partial charge on any atom is 0.328 e. The molecule has 0 fully saturated rings. The molecule has 2 aliphatic rings. The van der Waals surface area contributed by atoms with Crippen LogP contribution in [-0.4, -0.2) is 40.6 Å². The summed E-state index contributed by atoms with van der Waals surface area (Å²) >= 11 is 0. The minimum Gasteiger partial charge on any atom is -0.478 e. The number of nitrogens with zero attached hydrogens (tertiary/aromatic N) is 1. The largest absolute Gasteiger partial charge is 0.478 e. The van der Waals surface area contributed by atoms with E-state index in [-0.39, 0.29) is 24.6 Å². The molecule has 228 valence electrons. The first-order valence-electron chi connectivity index (χ1n) is 15.7. The van der Waals surface area contributed by atoms with Crippen molar-refractivity contribution in [2.24, 2.45) is 39.9 Å². The van der Waals surface area contributed by atoms with Crippen molar-refractivity contribution >= 4 is 28.5 Å². The second kappa shape index (κ2) is 14.0. The summed E-state index contributed by atoms with van der Waals surface area (Å²) in [6.07, 6.45) is 15.1. The zero-order chi connectivity index (χ0) is 30.3. The number of carbonyl (C=O) groups is 1. The summed E-state index contributed by atoms with van der Waals surface area (Å²) in [4.78, 5) is 19.4. The number of anilines is 1. The molecule has 0 saturated heterocycles. The number of nitrogens with one attached hydrogen (secondary N) is 2. The van der Waals surface area contributed by atoms with Gasteiger partial charge in [0.25, 0.3) is 0 Å². The van der Waals surface area contributed by atoms with Crippen LogP contribution in [0.4, 0.5) is 5.82 Å². The molecule has 2 aromatic carbocycles. The first-order valence-corrected chi connectivity index (χ1v) is 15.7. The van der Waals surface area contributed by atoms with Crippen LogP contribution in [0, 0.1) is 17.8 Å². The number of fused-ring (bicyclic) bond motifs is 5. The number of aliphatic carboxylic acids is 1. The maximum atomic E-state index is 12.0. The van der Waals surface area contributed by atoms with Crippen LogP contribution in [0.3, 0.4) is 0 Å². The smallest absolute Gasteiger partial charge is 0.328 e. The molecule has 0 unspecified atom stereocenters. The number of hydrogen-bond donors (Lipinski definition) is 6. The lowest BCUT2D eigenvalue weighted by Gasteiger charge is -2.47. The zero-order valence-corrected chi connectivity index (χ0v) is 25.1. The van der Waals surface area contributed by atoms with Gasteiger partial charge in [0.05, 0.1) is 12.6 Å². The van der Waals surface area contributed by atoms with Crippen LogP contribution in [0.15, 0.2) is 83.5 Å². The van der Waals surface area contributed by atoms with Crippen LogP contribution in [0.1, 0.15) is 62.5 Å². The Kier molecular flexibility index (Phi) is 9.87. The third-order valence-corrected chi connectivity index (χ3v) is 9.34. The number of allylic oxidation sites excluding steroid dienone is 2. The number of carboxylic acid groups (broad SMARTS) is 1. The number of aromatic nitrogens is 1. The summed E-state index contributed by atoms with van der Waals surface area (Å²) in [6, 6.07) is 17.2. The van der Waals surface area contributed by atoms with Crippen molar-refractivity contribution < 1.29 is 9.90 Å². The molecule has 2 aliphatic carbocycles. The molecule has 8 nitrogen and oxygen atoms in total. The molecule has 0 amide bonds. The Bertz CT molecular complexity index is 1470. The Morgan fingerprint density at radius 3 is 2.63 bits per heavy atom. The number of unbranched alkanes of at least 4 members (excludes halogenated alkanes) is 1. The standard InChI is InChI=1S/C35H46N6O2/c1-2-3-9-28(36)14-13-22-11-12-25-17-26-16-23-7-4-5-8-24(23)18-29(26)34(22)30(25)20-31(41-32-10-6-15-39-32)27(19-33(42)43)21-40-35(37)38/h4-8,10-12,15-16,18-19,22,25,28,30-31,34,39,41H,2-3,9,13-14,17,20-21,36H2,1H3,(H,42,43)(H4,37,38,40)/b27-19+/t22-,25+,28-,30+,31+,34-/m0/s1.